The predicted octanol–water partition coefficient (Wildman–Crippen LogP) is 0.905. The molecule has 5 heteroatoms. The topological polar surface area (TPSA) is 81.4 Å². The van der Waals surface area contributed by atoms with Crippen molar-refractivity contribution in [2.24, 2.45) is 5.73 Å². The molecule has 104 valence electrons. The Morgan fingerprint density at radius 2 is 2.11 bits per heavy atom. The van der Waals surface area contributed by atoms with Crippen molar-refractivity contribution >= 4 is 11.7 Å². The molecule has 0 aliphatic carbocycles. The van der Waals surface area contributed by atoms with Crippen molar-refractivity contribution in [1.29, 1.82) is 0 Å². The van der Waals surface area contributed by atoms with Crippen LogP contribution in [0.4, 0.5) is 0 Å². The van der Waals surface area contributed by atoms with E-state index in [2.05, 4.69) is 5.32 Å². The molecule has 0 fully saturated rings. The molecule has 1 aromatic carbocycles. The highest BCUT2D eigenvalue weighted by molar-refractivity contribution is 5.94. The molecule has 3 N–H and O–H groups in total. The van der Waals surface area contributed by atoms with Crippen molar-refractivity contribution < 1.29 is 14.3 Å². The number of hydrogen-bond acceptors (Lipinski definition) is 4. The van der Waals surface area contributed by atoms with Gasteiger partial charge in [0.25, 0.3) is 0 Å². The number of rotatable bonds is 7. The molecular weight excluding hydrogens is 244 g/mol. The number of nitrogens with two attached hydrogens (primary N) is 1. The number of hydrogen-bond donors (Lipinski definition) is 2. The smallest absolute Gasteiger partial charge is 0.224 e. The van der Waals surface area contributed by atoms with Crippen molar-refractivity contribution in [3.8, 4) is 5.75 Å². The lowest BCUT2D eigenvalue weighted by Crippen LogP contribution is -2.27. The number of methoxy groups -OCH3 is 1. The summed E-state index contributed by atoms with van der Waals surface area (Å²) in [6.45, 7) is 2.60. The van der Waals surface area contributed by atoms with Crippen LogP contribution in [0, 0.1) is 0 Å². The minimum Gasteiger partial charge on any atom is -0.496 e. The number of nitrogens with one attached hydrogen (secondary N) is 1. The third-order valence-corrected chi connectivity index (χ3v) is 2.74. The Morgan fingerprint density at radius 1 is 1.37 bits per heavy atom. The molecule has 0 heterocycles. The first-order valence-corrected chi connectivity index (χ1v) is 6.23. The molecule has 0 atom stereocenters. The molecule has 0 aromatic heterocycles. The highest BCUT2D eigenvalue weighted by atomic mass is 16.5. The van der Waals surface area contributed by atoms with E-state index < -0.39 is 0 Å². The van der Waals surface area contributed by atoms with Gasteiger partial charge in [-0.1, -0.05) is 0 Å². The summed E-state index contributed by atoms with van der Waals surface area (Å²) in [7, 11) is 1.54. The Kier molecular flexibility index (Phi) is 6.02. The summed E-state index contributed by atoms with van der Waals surface area (Å²) in [4.78, 5) is 23.1. The van der Waals surface area contributed by atoms with E-state index in [1.54, 1.807) is 25.3 Å². The quantitative estimate of drug-likeness (QED) is 0.566. The lowest BCUT2D eigenvalue weighted by Gasteiger charge is -2.10. The van der Waals surface area contributed by atoms with Gasteiger partial charge in [0.15, 0.2) is 5.78 Å². The Labute approximate surface area is 113 Å². The second-order valence-electron chi connectivity index (χ2n) is 4.25. The van der Waals surface area contributed by atoms with Crippen LogP contribution in [0.3, 0.4) is 0 Å². The summed E-state index contributed by atoms with van der Waals surface area (Å²) in [5.74, 6) is 0.471. The summed E-state index contributed by atoms with van der Waals surface area (Å²) >= 11 is 0. The third kappa shape index (κ3) is 4.71. The van der Waals surface area contributed by atoms with E-state index in [1.165, 1.54) is 6.92 Å². The van der Waals surface area contributed by atoms with Crippen LogP contribution >= 0.6 is 0 Å². The van der Waals surface area contributed by atoms with Gasteiger partial charge in [0.05, 0.1) is 13.5 Å². The van der Waals surface area contributed by atoms with E-state index >= 15 is 0 Å². The summed E-state index contributed by atoms with van der Waals surface area (Å²) < 4.78 is 5.20. The van der Waals surface area contributed by atoms with Crippen molar-refractivity contribution in [3.63, 3.8) is 0 Å². The van der Waals surface area contributed by atoms with Crippen LogP contribution in [-0.2, 0) is 11.2 Å². The maximum atomic E-state index is 11.7. The molecule has 0 spiro atoms. The molecule has 19 heavy (non-hydrogen) atoms. The van der Waals surface area contributed by atoms with Gasteiger partial charge in [-0.2, -0.15) is 0 Å². The predicted molar refractivity (Wildman–Crippen MR) is 73.4 cm³/mol. The van der Waals surface area contributed by atoms with Gasteiger partial charge < -0.3 is 15.8 Å². The first-order valence-electron chi connectivity index (χ1n) is 6.23. The summed E-state index contributed by atoms with van der Waals surface area (Å²) in [5, 5.41) is 2.77. The van der Waals surface area contributed by atoms with Gasteiger partial charge in [0.2, 0.25) is 5.91 Å². The molecule has 1 amide bonds. The second kappa shape index (κ2) is 7.53. The van der Waals surface area contributed by atoms with E-state index in [-0.39, 0.29) is 18.1 Å². The molecular formula is C14H20N2O3. The summed E-state index contributed by atoms with van der Waals surface area (Å²) in [5.41, 5.74) is 6.64. The number of Topliss-reactive ketones (excluding diaryl/α,β-unsaturated/α-hetero) is 1. The van der Waals surface area contributed by atoms with Gasteiger partial charge in [0, 0.05) is 17.7 Å². The third-order valence-electron chi connectivity index (χ3n) is 2.74. The minimum absolute atomic E-state index is 0.0348. The zero-order valence-corrected chi connectivity index (χ0v) is 11.4. The summed E-state index contributed by atoms with van der Waals surface area (Å²) in [6.07, 6.45) is 0.936. The van der Waals surface area contributed by atoms with Crippen LogP contribution in [0.5, 0.6) is 5.75 Å². The molecule has 1 aromatic rings. The number of ether oxygens (including phenoxy) is 1. The fourth-order valence-electron chi connectivity index (χ4n) is 1.70. The van der Waals surface area contributed by atoms with Crippen LogP contribution < -0.4 is 15.8 Å². The molecule has 0 radical (unpaired) electrons. The average molecular weight is 264 g/mol. The Morgan fingerprint density at radius 3 is 2.68 bits per heavy atom. The van der Waals surface area contributed by atoms with Crippen molar-refractivity contribution in [1.82, 2.24) is 5.32 Å². The second-order valence-corrected chi connectivity index (χ2v) is 4.25. The fraction of sp³-hybridized carbons (Fsp3) is 0.429. The first kappa shape index (κ1) is 15.2. The van der Waals surface area contributed by atoms with Crippen LogP contribution in [0.2, 0.25) is 0 Å². The molecule has 5 nitrogen and oxygen atoms in total. The average Bonchev–Trinajstić information content (AvgIpc) is 2.38. The Hall–Kier alpha value is -1.88. The fourth-order valence-corrected chi connectivity index (χ4v) is 1.70. The van der Waals surface area contributed by atoms with Gasteiger partial charge in [0.1, 0.15) is 5.75 Å². The normalized spacial score (nSPS) is 10.1. The number of carbonyl (C=O) groups is 2. The highest BCUT2D eigenvalue weighted by Crippen LogP contribution is 2.20. The van der Waals surface area contributed by atoms with Crippen LogP contribution in [-0.4, -0.2) is 31.9 Å². The van der Waals surface area contributed by atoms with Crippen LogP contribution in [0.1, 0.15) is 29.3 Å². The maximum absolute atomic E-state index is 11.7. The largest absolute Gasteiger partial charge is 0.496 e. The zero-order chi connectivity index (χ0) is 14.3. The molecule has 0 saturated heterocycles. The van der Waals surface area contributed by atoms with E-state index in [0.29, 0.717) is 30.0 Å². The monoisotopic (exact) mass is 264 g/mol. The van der Waals surface area contributed by atoms with Crippen molar-refractivity contribution in [2.75, 3.05) is 20.2 Å². The highest BCUT2D eigenvalue weighted by Gasteiger charge is 2.11. The van der Waals surface area contributed by atoms with E-state index in [4.69, 9.17) is 10.5 Å². The van der Waals surface area contributed by atoms with E-state index in [0.717, 1.165) is 6.42 Å². The van der Waals surface area contributed by atoms with Gasteiger partial charge in [-0.3, -0.25) is 9.59 Å². The van der Waals surface area contributed by atoms with Crippen molar-refractivity contribution in [2.45, 2.75) is 19.8 Å². The number of amides is 1. The van der Waals surface area contributed by atoms with Crippen molar-refractivity contribution in [3.05, 3.63) is 29.3 Å². The molecule has 0 saturated carbocycles. The Bertz CT molecular complexity index is 458. The van der Waals surface area contributed by atoms with E-state index in [1.807, 2.05) is 0 Å². The number of benzene rings is 1. The molecule has 1 rings (SSSR count). The Balaban J connectivity index is 2.77. The number of carbonyl (C=O) groups excluding carboxylic acids is 2. The lowest BCUT2D eigenvalue weighted by molar-refractivity contribution is -0.120. The van der Waals surface area contributed by atoms with Crippen LogP contribution in [0.25, 0.3) is 0 Å². The first-order chi connectivity index (χ1) is 9.08. The standard InChI is InChI=1S/C14H20N2O3/c1-10(17)11-4-5-13(19-2)12(8-11)9-14(18)16-7-3-6-15/h4-5,8H,3,6-7,9,15H2,1-2H3,(H,16,18). The van der Waals surface area contributed by atoms with E-state index in [9.17, 15) is 9.59 Å². The molecule has 0 aliphatic heterocycles. The molecule has 0 unspecified atom stereocenters. The van der Waals surface area contributed by atoms with Crippen LogP contribution in [0.15, 0.2) is 18.2 Å². The SMILES string of the molecule is COc1ccc(C(C)=O)cc1CC(=O)NCCCN. The number of ketones is 1. The summed E-state index contributed by atoms with van der Waals surface area (Å²) in [6, 6.07) is 5.10. The minimum atomic E-state index is -0.104. The maximum Gasteiger partial charge on any atom is 0.224 e. The van der Waals surface area contributed by atoms with Gasteiger partial charge in [-0.25, -0.2) is 0 Å². The lowest BCUT2D eigenvalue weighted by atomic mass is 10.0. The van der Waals surface area contributed by atoms with Gasteiger partial charge >= 0.3 is 0 Å². The molecule has 0 bridgehead atoms. The van der Waals surface area contributed by atoms with Gasteiger partial charge in [-0.15, -0.1) is 0 Å². The molecule has 0 aliphatic rings. The zero-order valence-electron chi connectivity index (χ0n) is 11.4. The van der Waals surface area contributed by atoms with Gasteiger partial charge in [-0.05, 0) is 38.1 Å².